The van der Waals surface area contributed by atoms with E-state index in [0.29, 0.717) is 51.0 Å². The molecule has 0 amide bonds. The minimum absolute atomic E-state index is 0.129. The van der Waals surface area contributed by atoms with Gasteiger partial charge in [-0.2, -0.15) is 0 Å². The fourth-order valence-corrected chi connectivity index (χ4v) is 3.52. The molecule has 1 heterocycles. The van der Waals surface area contributed by atoms with Crippen LogP contribution in [0.25, 0.3) is 17.0 Å². The van der Waals surface area contributed by atoms with Crippen LogP contribution in [0.4, 0.5) is 0 Å². The third-order valence-electron chi connectivity index (χ3n) is 5.00. The number of furan rings is 1. The molecule has 1 aromatic heterocycles. The van der Waals surface area contributed by atoms with E-state index in [4.69, 9.17) is 25.5 Å². The van der Waals surface area contributed by atoms with Crippen LogP contribution in [0, 0.1) is 6.92 Å². The number of rotatable bonds is 7. The highest BCUT2D eigenvalue weighted by atomic mass is 35.5. The van der Waals surface area contributed by atoms with Crippen molar-refractivity contribution in [1.29, 1.82) is 0 Å². The Bertz CT molecular complexity index is 1330. The summed E-state index contributed by atoms with van der Waals surface area (Å²) in [5.74, 6) is 0.876. The number of ketones is 1. The van der Waals surface area contributed by atoms with E-state index in [2.05, 4.69) is 0 Å². The Balaban J connectivity index is 1.47. The standard InChI is InChI=1S/C27H21ClO5/c1-3-31-22-13-15-25-23(16-22)26(17(2)32-25)27(30)33-21-11-4-18(5-12-21)6-14-24(29)19-7-9-20(28)10-8-19/h4-16H,3H2,1-2H3. The summed E-state index contributed by atoms with van der Waals surface area (Å²) in [7, 11) is 0. The Hall–Kier alpha value is -3.83. The molecule has 0 bridgehead atoms. The number of benzene rings is 3. The summed E-state index contributed by atoms with van der Waals surface area (Å²) in [6, 6.07) is 18.9. The number of halogens is 1. The highest BCUT2D eigenvalue weighted by Gasteiger charge is 2.21. The van der Waals surface area contributed by atoms with Gasteiger partial charge in [-0.3, -0.25) is 4.79 Å². The van der Waals surface area contributed by atoms with Gasteiger partial charge in [-0.15, -0.1) is 0 Å². The van der Waals surface area contributed by atoms with Crippen molar-refractivity contribution in [1.82, 2.24) is 0 Å². The molecular formula is C27H21ClO5. The van der Waals surface area contributed by atoms with Crippen molar-refractivity contribution in [3.8, 4) is 11.5 Å². The number of hydrogen-bond donors (Lipinski definition) is 0. The predicted molar refractivity (Wildman–Crippen MR) is 128 cm³/mol. The average Bonchev–Trinajstić information content (AvgIpc) is 3.14. The van der Waals surface area contributed by atoms with Crippen molar-refractivity contribution >= 4 is 40.4 Å². The Morgan fingerprint density at radius 2 is 1.67 bits per heavy atom. The maximum absolute atomic E-state index is 12.9. The highest BCUT2D eigenvalue weighted by molar-refractivity contribution is 6.30. The van der Waals surface area contributed by atoms with Crippen LogP contribution in [0.5, 0.6) is 11.5 Å². The predicted octanol–water partition coefficient (Wildman–Crippen LogP) is 6.91. The zero-order valence-corrected chi connectivity index (χ0v) is 18.9. The summed E-state index contributed by atoms with van der Waals surface area (Å²) < 4.78 is 16.8. The van der Waals surface area contributed by atoms with E-state index in [1.54, 1.807) is 79.7 Å². The van der Waals surface area contributed by atoms with E-state index in [9.17, 15) is 9.59 Å². The molecule has 0 aliphatic rings. The molecule has 4 aromatic rings. The molecular weight excluding hydrogens is 440 g/mol. The molecule has 0 saturated heterocycles. The van der Waals surface area contributed by atoms with Gasteiger partial charge in [-0.05, 0) is 80.1 Å². The third kappa shape index (κ3) is 5.16. The third-order valence-corrected chi connectivity index (χ3v) is 5.25. The van der Waals surface area contributed by atoms with Crippen molar-refractivity contribution < 1.29 is 23.5 Å². The van der Waals surface area contributed by atoms with E-state index < -0.39 is 5.97 Å². The van der Waals surface area contributed by atoms with Crippen molar-refractivity contribution in [3.63, 3.8) is 0 Å². The van der Waals surface area contributed by atoms with Crippen molar-refractivity contribution in [2.24, 2.45) is 0 Å². The molecule has 0 unspecified atom stereocenters. The second kappa shape index (κ2) is 9.76. The van der Waals surface area contributed by atoms with Gasteiger partial charge < -0.3 is 13.9 Å². The maximum atomic E-state index is 12.9. The molecule has 166 valence electrons. The fourth-order valence-electron chi connectivity index (χ4n) is 3.40. The molecule has 5 nitrogen and oxygen atoms in total. The molecule has 3 aromatic carbocycles. The van der Waals surface area contributed by atoms with Gasteiger partial charge in [0.15, 0.2) is 5.78 Å². The van der Waals surface area contributed by atoms with Gasteiger partial charge in [0.25, 0.3) is 0 Å². The number of allylic oxidation sites excluding steroid dienone is 1. The number of fused-ring (bicyclic) bond motifs is 1. The number of carbonyl (C=O) groups is 2. The lowest BCUT2D eigenvalue weighted by atomic mass is 10.1. The largest absolute Gasteiger partial charge is 0.494 e. The van der Waals surface area contributed by atoms with Gasteiger partial charge in [-0.1, -0.05) is 29.8 Å². The van der Waals surface area contributed by atoms with Crippen LogP contribution in [0.3, 0.4) is 0 Å². The summed E-state index contributed by atoms with van der Waals surface area (Å²) >= 11 is 5.85. The topological polar surface area (TPSA) is 65.7 Å². The Labute approximate surface area is 196 Å². The highest BCUT2D eigenvalue weighted by Crippen LogP contribution is 2.30. The normalized spacial score (nSPS) is 11.1. The second-order valence-electron chi connectivity index (χ2n) is 7.29. The number of carbonyl (C=O) groups excluding carboxylic acids is 2. The Morgan fingerprint density at radius 3 is 2.36 bits per heavy atom. The van der Waals surface area contributed by atoms with E-state index >= 15 is 0 Å². The van der Waals surface area contributed by atoms with Gasteiger partial charge in [0.2, 0.25) is 0 Å². The van der Waals surface area contributed by atoms with Crippen LogP contribution in [0.2, 0.25) is 5.02 Å². The molecule has 0 N–H and O–H groups in total. The second-order valence-corrected chi connectivity index (χ2v) is 7.72. The Kier molecular flexibility index (Phi) is 6.61. The van der Waals surface area contributed by atoms with Gasteiger partial charge in [0.1, 0.15) is 28.4 Å². The van der Waals surface area contributed by atoms with E-state index in [-0.39, 0.29) is 5.78 Å². The van der Waals surface area contributed by atoms with Crippen LogP contribution in [0.1, 0.15) is 39.0 Å². The van der Waals surface area contributed by atoms with Gasteiger partial charge in [0, 0.05) is 16.0 Å². The first-order valence-corrected chi connectivity index (χ1v) is 10.8. The molecule has 0 fully saturated rings. The first-order valence-electron chi connectivity index (χ1n) is 10.4. The minimum Gasteiger partial charge on any atom is -0.494 e. The lowest BCUT2D eigenvalue weighted by Crippen LogP contribution is -2.09. The molecule has 6 heteroatoms. The molecule has 0 atom stereocenters. The summed E-state index contributed by atoms with van der Waals surface area (Å²) in [4.78, 5) is 25.1. The lowest BCUT2D eigenvalue weighted by Gasteiger charge is -2.05. The van der Waals surface area contributed by atoms with Crippen molar-refractivity contribution in [2.75, 3.05) is 6.61 Å². The fraction of sp³-hybridized carbons (Fsp3) is 0.111. The van der Waals surface area contributed by atoms with Crippen molar-refractivity contribution in [3.05, 3.63) is 100 Å². The molecule has 0 aliphatic heterocycles. The summed E-state index contributed by atoms with van der Waals surface area (Å²) in [5, 5.41) is 1.22. The zero-order chi connectivity index (χ0) is 23.4. The van der Waals surface area contributed by atoms with E-state index in [1.165, 1.54) is 6.08 Å². The summed E-state index contributed by atoms with van der Waals surface area (Å²) in [6.45, 7) is 4.14. The van der Waals surface area contributed by atoms with Crippen LogP contribution in [-0.2, 0) is 0 Å². The summed E-state index contributed by atoms with van der Waals surface area (Å²) in [6.07, 6.45) is 3.19. The quantitative estimate of drug-likeness (QED) is 0.130. The van der Waals surface area contributed by atoms with E-state index in [1.807, 2.05) is 6.92 Å². The molecule has 33 heavy (non-hydrogen) atoms. The molecule has 0 saturated carbocycles. The molecule has 4 rings (SSSR count). The first kappa shape index (κ1) is 22.4. The SMILES string of the molecule is CCOc1ccc2oc(C)c(C(=O)Oc3ccc(C=CC(=O)c4ccc(Cl)cc4)cc3)c2c1. The molecule has 0 spiro atoms. The monoisotopic (exact) mass is 460 g/mol. The number of ether oxygens (including phenoxy) is 2. The van der Waals surface area contributed by atoms with Crippen LogP contribution in [0.15, 0.2) is 77.2 Å². The van der Waals surface area contributed by atoms with Gasteiger partial charge >= 0.3 is 5.97 Å². The van der Waals surface area contributed by atoms with Gasteiger partial charge in [0.05, 0.1) is 6.61 Å². The first-order chi connectivity index (χ1) is 15.9. The Morgan fingerprint density at radius 1 is 0.970 bits per heavy atom. The average molecular weight is 461 g/mol. The van der Waals surface area contributed by atoms with Gasteiger partial charge in [-0.25, -0.2) is 4.79 Å². The zero-order valence-electron chi connectivity index (χ0n) is 18.1. The molecule has 0 aliphatic carbocycles. The maximum Gasteiger partial charge on any atom is 0.347 e. The number of hydrogen-bond acceptors (Lipinski definition) is 5. The minimum atomic E-state index is -0.513. The molecule has 0 radical (unpaired) electrons. The van der Waals surface area contributed by atoms with Crippen LogP contribution in [-0.4, -0.2) is 18.4 Å². The number of esters is 1. The van der Waals surface area contributed by atoms with Crippen molar-refractivity contribution in [2.45, 2.75) is 13.8 Å². The lowest BCUT2D eigenvalue weighted by molar-refractivity contribution is 0.0734. The van der Waals surface area contributed by atoms with Crippen LogP contribution < -0.4 is 9.47 Å². The summed E-state index contributed by atoms with van der Waals surface area (Å²) in [5.41, 5.74) is 2.30. The smallest absolute Gasteiger partial charge is 0.347 e. The van der Waals surface area contributed by atoms with Crippen LogP contribution >= 0.6 is 11.6 Å². The number of aryl methyl sites for hydroxylation is 1. The van der Waals surface area contributed by atoms with E-state index in [0.717, 1.165) is 5.56 Å².